The smallest absolute Gasteiger partial charge is 0.253 e. The summed E-state index contributed by atoms with van der Waals surface area (Å²) in [5.41, 5.74) is 1.45. The van der Waals surface area contributed by atoms with E-state index < -0.39 is 0 Å². The van der Waals surface area contributed by atoms with Gasteiger partial charge in [-0.25, -0.2) is 0 Å². The molecule has 2 heterocycles. The van der Waals surface area contributed by atoms with E-state index >= 15 is 0 Å². The minimum atomic E-state index is -0.389. The zero-order valence-corrected chi connectivity index (χ0v) is 14.9. The number of rotatable bonds is 5. The van der Waals surface area contributed by atoms with Crippen LogP contribution in [0.4, 0.5) is 0 Å². The molecule has 2 amide bonds. The molecule has 1 aliphatic rings. The van der Waals surface area contributed by atoms with Crippen molar-refractivity contribution in [3.05, 3.63) is 47.8 Å². The molecule has 1 fully saturated rings. The molecule has 0 aliphatic carbocycles. The third-order valence-corrected chi connectivity index (χ3v) is 4.44. The summed E-state index contributed by atoms with van der Waals surface area (Å²) in [4.78, 5) is 26.5. The number of likely N-dealkylation sites (N-methyl/N-ethyl adjacent to an activating group) is 1. The van der Waals surface area contributed by atoms with Crippen molar-refractivity contribution < 1.29 is 14.3 Å². The second-order valence-corrected chi connectivity index (χ2v) is 6.10. The zero-order valence-electron chi connectivity index (χ0n) is 14.9. The number of carbonyl (C=O) groups is 2. The molecule has 8 nitrogen and oxygen atoms in total. The van der Waals surface area contributed by atoms with Crippen LogP contribution >= 0.6 is 0 Å². The normalized spacial score (nSPS) is 17.0. The van der Waals surface area contributed by atoms with Crippen molar-refractivity contribution in [2.75, 3.05) is 33.8 Å². The van der Waals surface area contributed by atoms with Crippen LogP contribution in [0, 0.1) is 0 Å². The van der Waals surface area contributed by atoms with Crippen LogP contribution in [-0.2, 0) is 11.3 Å². The number of nitrogens with one attached hydrogen (secondary N) is 2. The zero-order chi connectivity index (χ0) is 18.5. The van der Waals surface area contributed by atoms with Crippen molar-refractivity contribution in [2.24, 2.45) is 0 Å². The minimum absolute atomic E-state index is 0.0928. The summed E-state index contributed by atoms with van der Waals surface area (Å²) in [6.07, 6.45) is 3.57. The number of hydrogen-bond acceptors (Lipinski definition) is 5. The van der Waals surface area contributed by atoms with Gasteiger partial charge in [-0.05, 0) is 24.3 Å². The Morgan fingerprint density at radius 1 is 1.42 bits per heavy atom. The molecule has 1 atom stereocenters. The number of piperazine rings is 1. The van der Waals surface area contributed by atoms with E-state index in [4.69, 9.17) is 4.74 Å². The number of amides is 2. The summed E-state index contributed by atoms with van der Waals surface area (Å²) in [7, 11) is 3.20. The van der Waals surface area contributed by atoms with Crippen LogP contribution in [0.5, 0.6) is 5.75 Å². The first-order valence-corrected chi connectivity index (χ1v) is 8.51. The number of carbonyl (C=O) groups excluding carboxylic acids is 2. The Kier molecular flexibility index (Phi) is 5.52. The number of ether oxygens (including phenoxy) is 1. The second kappa shape index (κ2) is 8.01. The van der Waals surface area contributed by atoms with E-state index in [0.29, 0.717) is 37.5 Å². The maximum atomic E-state index is 12.9. The van der Waals surface area contributed by atoms with E-state index in [1.807, 2.05) is 18.3 Å². The van der Waals surface area contributed by atoms with Crippen LogP contribution in [0.1, 0.15) is 15.9 Å². The Morgan fingerprint density at radius 2 is 2.27 bits per heavy atom. The highest BCUT2D eigenvalue weighted by Gasteiger charge is 2.28. The number of benzene rings is 1. The SMILES string of the molecule is CNC(=O)[C@H]1CN(C(=O)c2ccc(OC)c(Cn3cccn3)c2)CCN1. The van der Waals surface area contributed by atoms with Gasteiger partial charge in [0, 0.05) is 50.2 Å². The van der Waals surface area contributed by atoms with E-state index in [9.17, 15) is 9.59 Å². The van der Waals surface area contributed by atoms with Gasteiger partial charge in [0.15, 0.2) is 0 Å². The van der Waals surface area contributed by atoms with Crippen molar-refractivity contribution >= 4 is 11.8 Å². The lowest BCUT2D eigenvalue weighted by atomic mass is 10.1. The van der Waals surface area contributed by atoms with Crippen molar-refractivity contribution in [1.29, 1.82) is 0 Å². The third-order valence-electron chi connectivity index (χ3n) is 4.44. The van der Waals surface area contributed by atoms with Crippen LogP contribution in [0.3, 0.4) is 0 Å². The average Bonchev–Trinajstić information content (AvgIpc) is 3.20. The number of nitrogens with zero attached hydrogens (tertiary/aromatic N) is 3. The van der Waals surface area contributed by atoms with Crippen molar-refractivity contribution in [3.63, 3.8) is 0 Å². The Labute approximate surface area is 152 Å². The molecule has 0 bridgehead atoms. The van der Waals surface area contributed by atoms with Gasteiger partial charge >= 0.3 is 0 Å². The van der Waals surface area contributed by atoms with Gasteiger partial charge in [0.1, 0.15) is 11.8 Å². The van der Waals surface area contributed by atoms with Crippen molar-refractivity contribution in [3.8, 4) is 5.75 Å². The second-order valence-electron chi connectivity index (χ2n) is 6.10. The molecule has 0 radical (unpaired) electrons. The molecule has 0 unspecified atom stereocenters. The Bertz CT molecular complexity index is 775. The summed E-state index contributed by atoms with van der Waals surface area (Å²) >= 11 is 0. The first-order valence-electron chi connectivity index (χ1n) is 8.51. The van der Waals surface area contributed by atoms with Gasteiger partial charge in [0.25, 0.3) is 5.91 Å². The molecule has 1 aromatic heterocycles. The fourth-order valence-electron chi connectivity index (χ4n) is 3.07. The molecule has 3 rings (SSSR count). The number of aromatic nitrogens is 2. The summed E-state index contributed by atoms with van der Waals surface area (Å²) in [6.45, 7) is 2.01. The molecule has 2 N–H and O–H groups in total. The highest BCUT2D eigenvalue weighted by atomic mass is 16.5. The van der Waals surface area contributed by atoms with Crippen molar-refractivity contribution in [1.82, 2.24) is 25.3 Å². The van der Waals surface area contributed by atoms with Gasteiger partial charge in [-0.15, -0.1) is 0 Å². The fraction of sp³-hybridized carbons (Fsp3) is 0.389. The molecule has 0 spiro atoms. The molecule has 138 valence electrons. The van der Waals surface area contributed by atoms with E-state index in [-0.39, 0.29) is 17.9 Å². The van der Waals surface area contributed by atoms with Crippen molar-refractivity contribution in [2.45, 2.75) is 12.6 Å². The summed E-state index contributed by atoms with van der Waals surface area (Å²) in [6, 6.07) is 6.84. The van der Waals surface area contributed by atoms with E-state index in [1.165, 1.54) is 0 Å². The first-order chi connectivity index (χ1) is 12.6. The first kappa shape index (κ1) is 17.9. The molecule has 1 saturated heterocycles. The van der Waals surface area contributed by atoms with Crippen LogP contribution in [0.25, 0.3) is 0 Å². The lowest BCUT2D eigenvalue weighted by Crippen LogP contribution is -2.57. The quantitative estimate of drug-likeness (QED) is 0.792. The van der Waals surface area contributed by atoms with E-state index in [0.717, 1.165) is 5.56 Å². The molecule has 1 aromatic carbocycles. The van der Waals surface area contributed by atoms with Gasteiger partial charge < -0.3 is 20.3 Å². The van der Waals surface area contributed by atoms with Gasteiger partial charge in [0.05, 0.1) is 13.7 Å². The van der Waals surface area contributed by atoms with Gasteiger partial charge in [0.2, 0.25) is 5.91 Å². The monoisotopic (exact) mass is 357 g/mol. The largest absolute Gasteiger partial charge is 0.496 e. The Hall–Kier alpha value is -2.87. The van der Waals surface area contributed by atoms with Gasteiger partial charge in [-0.1, -0.05) is 0 Å². The number of methoxy groups -OCH3 is 1. The Morgan fingerprint density at radius 3 is 2.96 bits per heavy atom. The number of hydrogen-bond donors (Lipinski definition) is 2. The van der Waals surface area contributed by atoms with Crippen LogP contribution in [0.15, 0.2) is 36.7 Å². The van der Waals surface area contributed by atoms with E-state index in [2.05, 4.69) is 15.7 Å². The van der Waals surface area contributed by atoms with Crippen LogP contribution < -0.4 is 15.4 Å². The summed E-state index contributed by atoms with van der Waals surface area (Å²) in [5.74, 6) is 0.502. The summed E-state index contributed by atoms with van der Waals surface area (Å²) in [5, 5.41) is 9.95. The lowest BCUT2D eigenvalue weighted by Gasteiger charge is -2.32. The predicted octanol–water partition coefficient (Wildman–Crippen LogP) is 0.1000. The third kappa shape index (κ3) is 3.85. The van der Waals surface area contributed by atoms with Gasteiger partial charge in [-0.3, -0.25) is 14.3 Å². The van der Waals surface area contributed by atoms with Crippen LogP contribution in [0.2, 0.25) is 0 Å². The maximum absolute atomic E-state index is 12.9. The van der Waals surface area contributed by atoms with Crippen LogP contribution in [-0.4, -0.2) is 66.3 Å². The van der Waals surface area contributed by atoms with Gasteiger partial charge in [-0.2, -0.15) is 5.10 Å². The summed E-state index contributed by atoms with van der Waals surface area (Å²) < 4.78 is 7.18. The molecule has 0 saturated carbocycles. The average molecular weight is 357 g/mol. The molecule has 26 heavy (non-hydrogen) atoms. The highest BCUT2D eigenvalue weighted by molar-refractivity contribution is 5.95. The molecule has 8 heteroatoms. The lowest BCUT2D eigenvalue weighted by molar-refractivity contribution is -0.123. The highest BCUT2D eigenvalue weighted by Crippen LogP contribution is 2.22. The molecular formula is C18H23N5O3. The minimum Gasteiger partial charge on any atom is -0.496 e. The fourth-order valence-corrected chi connectivity index (χ4v) is 3.07. The van der Waals surface area contributed by atoms with E-state index in [1.54, 1.807) is 42.1 Å². The maximum Gasteiger partial charge on any atom is 0.253 e. The predicted molar refractivity (Wildman–Crippen MR) is 96.1 cm³/mol. The topological polar surface area (TPSA) is 88.5 Å². The molecular weight excluding hydrogens is 334 g/mol. The molecule has 1 aliphatic heterocycles. The Balaban J connectivity index is 1.79. The standard InChI is InChI=1S/C18H23N5O3/c1-19-17(24)15-12-22(9-7-20-15)18(25)13-4-5-16(26-2)14(10-13)11-23-8-3-6-21-23/h3-6,8,10,15,20H,7,9,11-12H2,1-2H3,(H,19,24)/t15-/m1/s1. The molecule has 2 aromatic rings.